The van der Waals surface area contributed by atoms with E-state index in [1.165, 1.54) is 114 Å². The van der Waals surface area contributed by atoms with Gasteiger partial charge in [0.15, 0.2) is 0 Å². The summed E-state index contributed by atoms with van der Waals surface area (Å²) in [5, 5.41) is 0. The van der Waals surface area contributed by atoms with Gasteiger partial charge < -0.3 is 0 Å². The molecule has 0 aliphatic carbocycles. The predicted octanol–water partition coefficient (Wildman–Crippen LogP) is 13.9. The van der Waals surface area contributed by atoms with Gasteiger partial charge in [-0.25, -0.2) is 0 Å². The zero-order valence-corrected chi connectivity index (χ0v) is 36.4. The molecule has 0 N–H and O–H groups in total. The molecule has 0 amide bonds. The molecule has 2 atom stereocenters. The Balaban J connectivity index is 0.000000500. The van der Waals surface area contributed by atoms with E-state index in [4.69, 9.17) is 18.5 Å². The van der Waals surface area contributed by atoms with Gasteiger partial charge in [-0.15, -0.1) is 0 Å². The maximum absolute atomic E-state index is 7.12. The van der Waals surface area contributed by atoms with Gasteiger partial charge in [0, 0.05) is 0 Å². The number of hydrogen-bond acceptors (Lipinski definition) is 4. The number of methoxy groups -OCH3 is 2. The molecule has 0 saturated carbocycles. The van der Waals surface area contributed by atoms with E-state index in [1.807, 2.05) is 14.2 Å². The van der Waals surface area contributed by atoms with E-state index >= 15 is 0 Å². The molecule has 0 radical (unpaired) electrons. The number of hydrogen-bond donors (Lipinski definition) is 0. The fraction of sp³-hybridized carbons (Fsp3) is 0.727. The summed E-state index contributed by atoms with van der Waals surface area (Å²) in [7, 11) is 3.69. The Morgan fingerprint density at radius 2 is 0.660 bits per heavy atom. The third-order valence-corrected chi connectivity index (χ3v) is 23.9. The van der Waals surface area contributed by atoms with Gasteiger partial charge in [-0.1, -0.05) is 0 Å². The average molecular weight is 737 g/mol. The molecule has 6 heteroatoms. The zero-order valence-electron chi connectivity index (χ0n) is 34.6. The van der Waals surface area contributed by atoms with Gasteiger partial charge >= 0.3 is 313 Å². The van der Waals surface area contributed by atoms with Crippen molar-refractivity contribution < 1.29 is 18.5 Å². The van der Waals surface area contributed by atoms with Crippen molar-refractivity contribution in [1.82, 2.24) is 0 Å². The SMILES string of the molecule is CCCCP(CCCC)(CCCC)(CC(C)OC)Oc1ccccc1.CCCCP(CCCC)(CCCC)(CC(C)OC)Oc1ccccc1. The summed E-state index contributed by atoms with van der Waals surface area (Å²) in [4.78, 5) is 0. The molecule has 0 aliphatic rings. The fourth-order valence-electron chi connectivity index (χ4n) is 7.92. The molecule has 2 rings (SSSR count). The van der Waals surface area contributed by atoms with Crippen molar-refractivity contribution in [3.05, 3.63) is 60.7 Å². The first kappa shape index (κ1) is 46.8. The number of para-hydroxylation sites is 2. The minimum atomic E-state index is -2.36. The molecule has 4 nitrogen and oxygen atoms in total. The van der Waals surface area contributed by atoms with Crippen LogP contribution in [0.5, 0.6) is 11.5 Å². The molecule has 2 aromatic carbocycles. The Kier molecular flexibility index (Phi) is 23.4. The topological polar surface area (TPSA) is 36.9 Å². The average Bonchev–Trinajstić information content (AvgIpc) is 3.14. The van der Waals surface area contributed by atoms with Crippen molar-refractivity contribution in [3.63, 3.8) is 0 Å². The molecular formula is C44H82O4P2. The molecule has 0 fully saturated rings. The summed E-state index contributed by atoms with van der Waals surface area (Å²) in [5.41, 5.74) is 0. The molecule has 0 aliphatic heterocycles. The number of unbranched alkanes of at least 4 members (excludes halogenated alkanes) is 6. The van der Waals surface area contributed by atoms with E-state index in [9.17, 15) is 0 Å². The van der Waals surface area contributed by atoms with Gasteiger partial charge in [0.2, 0.25) is 0 Å². The Hall–Kier alpha value is -1.18. The summed E-state index contributed by atoms with van der Waals surface area (Å²) in [6.07, 6.45) is 25.1. The molecule has 50 heavy (non-hydrogen) atoms. The van der Waals surface area contributed by atoms with E-state index in [0.29, 0.717) is 0 Å². The second-order valence-electron chi connectivity index (χ2n) is 15.4. The zero-order chi connectivity index (χ0) is 37.2. The molecule has 0 heterocycles. The monoisotopic (exact) mass is 737 g/mol. The molecule has 0 spiro atoms. The normalized spacial score (nSPS) is 14.7. The van der Waals surface area contributed by atoms with Crippen molar-refractivity contribution >= 4 is 13.7 Å². The van der Waals surface area contributed by atoms with Gasteiger partial charge in [0.05, 0.1) is 0 Å². The van der Waals surface area contributed by atoms with E-state index in [1.54, 1.807) is 0 Å². The van der Waals surface area contributed by atoms with Crippen LogP contribution in [0, 0.1) is 0 Å². The second kappa shape index (κ2) is 24.9. The van der Waals surface area contributed by atoms with E-state index in [-0.39, 0.29) is 12.2 Å². The van der Waals surface area contributed by atoms with Crippen LogP contribution in [0.1, 0.15) is 132 Å². The van der Waals surface area contributed by atoms with Crippen LogP contribution >= 0.6 is 13.7 Å². The van der Waals surface area contributed by atoms with Crippen LogP contribution in [0.3, 0.4) is 0 Å². The van der Waals surface area contributed by atoms with E-state index < -0.39 is 13.7 Å². The molecule has 292 valence electrons. The van der Waals surface area contributed by atoms with E-state index in [0.717, 1.165) is 23.8 Å². The minimum absolute atomic E-state index is 0.256. The van der Waals surface area contributed by atoms with Crippen molar-refractivity contribution in [2.45, 2.75) is 145 Å². The van der Waals surface area contributed by atoms with Crippen molar-refractivity contribution in [2.75, 3.05) is 63.5 Å². The van der Waals surface area contributed by atoms with Gasteiger partial charge in [0.1, 0.15) is 0 Å². The van der Waals surface area contributed by atoms with Gasteiger partial charge in [0.25, 0.3) is 0 Å². The summed E-state index contributed by atoms with van der Waals surface area (Å²) in [6.45, 7) is 13.5. The number of rotatable bonds is 28. The summed E-state index contributed by atoms with van der Waals surface area (Å²) in [5.74, 6) is 2.12. The predicted molar refractivity (Wildman–Crippen MR) is 229 cm³/mol. The summed E-state index contributed by atoms with van der Waals surface area (Å²) in [6, 6.07) is 21.1. The van der Waals surface area contributed by atoms with Crippen LogP contribution in [-0.2, 0) is 9.47 Å². The van der Waals surface area contributed by atoms with Gasteiger partial charge in [-0.2, -0.15) is 0 Å². The standard InChI is InChI=1S/2C22H41O2P/c2*1-6-9-17-25(18-10-7-2,19-11-8-3,20-21(4)23-5)24-22-15-13-12-14-16-22/h2*12-16,21H,6-11,17-20H2,1-5H3. The number of benzene rings is 2. The van der Waals surface area contributed by atoms with Crippen LogP contribution in [0.15, 0.2) is 60.7 Å². The van der Waals surface area contributed by atoms with Gasteiger partial charge in [-0.05, 0) is 0 Å². The van der Waals surface area contributed by atoms with Crippen LogP contribution < -0.4 is 9.05 Å². The van der Waals surface area contributed by atoms with Crippen LogP contribution in [0.2, 0.25) is 0 Å². The Morgan fingerprint density at radius 3 is 0.860 bits per heavy atom. The van der Waals surface area contributed by atoms with Crippen LogP contribution in [-0.4, -0.2) is 75.7 Å². The fourth-order valence-corrected chi connectivity index (χ4v) is 22.1. The molecule has 2 unspecified atom stereocenters. The van der Waals surface area contributed by atoms with Crippen molar-refractivity contribution in [1.29, 1.82) is 0 Å². The van der Waals surface area contributed by atoms with Crippen molar-refractivity contribution in [2.24, 2.45) is 0 Å². The Morgan fingerprint density at radius 1 is 0.420 bits per heavy atom. The first-order valence-corrected chi connectivity index (χ1v) is 26.4. The molecular weight excluding hydrogens is 654 g/mol. The van der Waals surface area contributed by atoms with Crippen molar-refractivity contribution in [3.8, 4) is 11.5 Å². The summed E-state index contributed by atoms with van der Waals surface area (Å²) < 4.78 is 25.8. The molecule has 0 bridgehead atoms. The van der Waals surface area contributed by atoms with Gasteiger partial charge in [-0.3, -0.25) is 0 Å². The molecule has 0 aromatic heterocycles. The first-order valence-electron chi connectivity index (χ1n) is 20.6. The van der Waals surface area contributed by atoms with E-state index in [2.05, 4.69) is 116 Å². The Labute approximate surface area is 311 Å². The molecule has 2 aromatic rings. The Bertz CT molecular complexity index is 959. The van der Waals surface area contributed by atoms with Crippen LogP contribution in [0.4, 0.5) is 0 Å². The maximum atomic E-state index is 7.12. The van der Waals surface area contributed by atoms with Crippen LogP contribution in [0.25, 0.3) is 0 Å². The second-order valence-corrected chi connectivity index (χ2v) is 26.7. The number of ether oxygens (including phenoxy) is 2. The first-order chi connectivity index (χ1) is 24.1. The summed E-state index contributed by atoms with van der Waals surface area (Å²) >= 11 is 0. The molecule has 0 saturated heterocycles. The quantitative estimate of drug-likeness (QED) is 0.0815. The third kappa shape index (κ3) is 15.8. The third-order valence-electron chi connectivity index (χ3n) is 10.9.